The van der Waals surface area contributed by atoms with Gasteiger partial charge in [0.1, 0.15) is 20.8 Å². The number of halogens is 4. The average Bonchev–Trinajstić information content (AvgIpc) is 2.66. The molecule has 0 saturated carbocycles. The molecule has 108 valence electrons. The standard InChI is InChI=1S/C10H5Cl3FNO3S2/c11-4-1-6(7(16)2-5(4)14)15-20(17,18)8-3-9(12)19-10(8)13/h1-3,15-16H. The van der Waals surface area contributed by atoms with Gasteiger partial charge in [-0.15, -0.1) is 11.3 Å². The lowest BCUT2D eigenvalue weighted by Crippen LogP contribution is -2.12. The summed E-state index contributed by atoms with van der Waals surface area (Å²) in [5, 5.41) is 9.18. The lowest BCUT2D eigenvalue weighted by atomic mass is 10.3. The monoisotopic (exact) mass is 375 g/mol. The van der Waals surface area contributed by atoms with Crippen molar-refractivity contribution < 1.29 is 17.9 Å². The number of nitrogens with one attached hydrogen (secondary N) is 1. The molecule has 0 aliphatic rings. The second-order valence-electron chi connectivity index (χ2n) is 3.58. The number of aromatic hydroxyl groups is 1. The molecule has 4 nitrogen and oxygen atoms in total. The quantitative estimate of drug-likeness (QED) is 0.782. The van der Waals surface area contributed by atoms with Gasteiger partial charge in [0.15, 0.2) is 0 Å². The van der Waals surface area contributed by atoms with Crippen molar-refractivity contribution in [3.05, 3.63) is 37.7 Å². The first kappa shape index (κ1) is 15.7. The van der Waals surface area contributed by atoms with Crippen molar-refractivity contribution >= 4 is 61.9 Å². The lowest BCUT2D eigenvalue weighted by Gasteiger charge is -2.09. The highest BCUT2D eigenvalue weighted by Crippen LogP contribution is 2.37. The molecule has 0 spiro atoms. The minimum absolute atomic E-state index is 0.0322. The van der Waals surface area contributed by atoms with Gasteiger partial charge in [-0.05, 0) is 12.1 Å². The Morgan fingerprint density at radius 1 is 1.20 bits per heavy atom. The summed E-state index contributed by atoms with van der Waals surface area (Å²) < 4.78 is 39.5. The fourth-order valence-corrected chi connectivity index (χ4v) is 4.71. The van der Waals surface area contributed by atoms with Gasteiger partial charge < -0.3 is 5.11 Å². The topological polar surface area (TPSA) is 66.4 Å². The molecule has 0 atom stereocenters. The fourth-order valence-electron chi connectivity index (χ4n) is 1.33. The summed E-state index contributed by atoms with van der Waals surface area (Å²) >= 11 is 17.8. The second kappa shape index (κ2) is 5.57. The zero-order valence-corrected chi connectivity index (χ0v) is 13.2. The van der Waals surface area contributed by atoms with Crippen molar-refractivity contribution in [3.8, 4) is 5.75 Å². The van der Waals surface area contributed by atoms with Crippen molar-refractivity contribution in [2.24, 2.45) is 0 Å². The Bertz CT molecular complexity index is 776. The molecule has 20 heavy (non-hydrogen) atoms. The van der Waals surface area contributed by atoms with Crippen molar-refractivity contribution in [1.82, 2.24) is 0 Å². The normalized spacial score (nSPS) is 11.6. The van der Waals surface area contributed by atoms with Crippen molar-refractivity contribution in [2.75, 3.05) is 4.72 Å². The van der Waals surface area contributed by atoms with Gasteiger partial charge in [0.2, 0.25) is 0 Å². The highest BCUT2D eigenvalue weighted by atomic mass is 35.5. The summed E-state index contributed by atoms with van der Waals surface area (Å²) in [6.45, 7) is 0. The smallest absolute Gasteiger partial charge is 0.264 e. The van der Waals surface area contributed by atoms with E-state index < -0.39 is 21.6 Å². The number of phenols is 1. The number of hydrogen-bond donors (Lipinski definition) is 2. The molecule has 2 aromatic rings. The van der Waals surface area contributed by atoms with E-state index in [4.69, 9.17) is 34.8 Å². The van der Waals surface area contributed by atoms with E-state index in [1.54, 1.807) is 0 Å². The molecule has 1 aromatic carbocycles. The Kier molecular flexibility index (Phi) is 4.36. The molecule has 0 saturated heterocycles. The molecule has 10 heteroatoms. The van der Waals surface area contributed by atoms with E-state index in [0.717, 1.165) is 17.4 Å². The Labute approximate surface area is 132 Å². The molecule has 1 aromatic heterocycles. The fraction of sp³-hybridized carbons (Fsp3) is 0. The molecule has 0 aliphatic carbocycles. The maximum absolute atomic E-state index is 13.1. The number of anilines is 1. The van der Waals surface area contributed by atoms with Crippen LogP contribution < -0.4 is 4.72 Å². The Hall–Kier alpha value is -0.730. The van der Waals surface area contributed by atoms with E-state index in [9.17, 15) is 17.9 Å². The summed E-state index contributed by atoms with van der Waals surface area (Å²) in [5.74, 6) is -1.48. The minimum atomic E-state index is -4.07. The molecule has 0 fully saturated rings. The molecule has 0 radical (unpaired) electrons. The van der Waals surface area contributed by atoms with Crippen LogP contribution in [0.3, 0.4) is 0 Å². The molecule has 0 aliphatic heterocycles. The summed E-state index contributed by atoms with van der Waals surface area (Å²) in [6, 6.07) is 2.81. The first-order valence-electron chi connectivity index (χ1n) is 4.86. The van der Waals surface area contributed by atoms with Crippen LogP contribution in [0, 0.1) is 5.82 Å². The third kappa shape index (κ3) is 3.12. The molecule has 2 N–H and O–H groups in total. The Morgan fingerprint density at radius 3 is 2.40 bits per heavy atom. The maximum atomic E-state index is 13.1. The van der Waals surface area contributed by atoms with Crippen LogP contribution >= 0.6 is 46.1 Å². The van der Waals surface area contributed by atoms with Crippen LogP contribution in [0.15, 0.2) is 23.1 Å². The van der Waals surface area contributed by atoms with Crippen molar-refractivity contribution in [3.63, 3.8) is 0 Å². The first-order valence-corrected chi connectivity index (χ1v) is 8.29. The van der Waals surface area contributed by atoms with Crippen molar-refractivity contribution in [2.45, 2.75) is 4.90 Å². The molecular weight excluding hydrogens is 372 g/mol. The third-order valence-corrected chi connectivity index (χ3v) is 5.61. The summed E-state index contributed by atoms with van der Waals surface area (Å²) in [7, 11) is -4.07. The van der Waals surface area contributed by atoms with Crippen LogP contribution in [0.1, 0.15) is 0 Å². The number of rotatable bonds is 3. The number of sulfonamides is 1. The van der Waals surface area contributed by atoms with Crippen LogP contribution in [-0.4, -0.2) is 13.5 Å². The average molecular weight is 377 g/mol. The maximum Gasteiger partial charge on any atom is 0.264 e. The number of benzene rings is 1. The number of phenolic OH excluding ortho intramolecular Hbond substituents is 1. The van der Waals surface area contributed by atoms with Gasteiger partial charge in [-0.1, -0.05) is 34.8 Å². The highest BCUT2D eigenvalue weighted by molar-refractivity contribution is 7.93. The van der Waals surface area contributed by atoms with Crippen LogP contribution in [-0.2, 0) is 10.0 Å². The lowest BCUT2D eigenvalue weighted by molar-refractivity contribution is 0.471. The van der Waals surface area contributed by atoms with E-state index in [1.807, 2.05) is 0 Å². The van der Waals surface area contributed by atoms with Crippen LogP contribution in [0.2, 0.25) is 13.7 Å². The molecular formula is C10H5Cl3FNO3S2. The van der Waals surface area contributed by atoms with Gasteiger partial charge in [-0.25, -0.2) is 12.8 Å². The number of thiophene rings is 1. The van der Waals surface area contributed by atoms with Gasteiger partial charge in [0.25, 0.3) is 10.0 Å². The van der Waals surface area contributed by atoms with E-state index in [0.29, 0.717) is 6.07 Å². The van der Waals surface area contributed by atoms with Crippen LogP contribution in [0.5, 0.6) is 5.75 Å². The first-order chi connectivity index (χ1) is 9.20. The number of hydrogen-bond acceptors (Lipinski definition) is 4. The highest BCUT2D eigenvalue weighted by Gasteiger charge is 2.22. The molecule has 1 heterocycles. The molecule has 2 rings (SSSR count). The summed E-state index contributed by atoms with van der Waals surface area (Å²) in [4.78, 5) is -0.242. The Balaban J connectivity index is 2.43. The van der Waals surface area contributed by atoms with Gasteiger partial charge in [0, 0.05) is 6.07 Å². The van der Waals surface area contributed by atoms with Crippen LogP contribution in [0.4, 0.5) is 10.1 Å². The van der Waals surface area contributed by atoms with E-state index in [1.165, 1.54) is 6.07 Å². The van der Waals surface area contributed by atoms with Gasteiger partial charge in [-0.3, -0.25) is 4.72 Å². The predicted octanol–water partition coefficient (Wildman–Crippen LogP) is 4.35. The van der Waals surface area contributed by atoms with E-state index in [2.05, 4.69) is 4.72 Å². The third-order valence-electron chi connectivity index (χ3n) is 2.20. The van der Waals surface area contributed by atoms with Gasteiger partial charge in [-0.2, -0.15) is 0 Å². The van der Waals surface area contributed by atoms with Gasteiger partial charge in [0.05, 0.1) is 15.0 Å². The summed E-state index contributed by atoms with van der Waals surface area (Å²) in [5.41, 5.74) is -0.269. The SMILES string of the molecule is O=S(=O)(Nc1cc(Cl)c(F)cc1O)c1cc(Cl)sc1Cl. The van der Waals surface area contributed by atoms with E-state index in [-0.39, 0.29) is 24.3 Å². The van der Waals surface area contributed by atoms with Crippen molar-refractivity contribution in [1.29, 1.82) is 0 Å². The largest absolute Gasteiger partial charge is 0.506 e. The molecule has 0 amide bonds. The van der Waals surface area contributed by atoms with Gasteiger partial charge >= 0.3 is 0 Å². The molecule has 0 bridgehead atoms. The zero-order valence-electron chi connectivity index (χ0n) is 9.32. The predicted molar refractivity (Wildman–Crippen MR) is 78.2 cm³/mol. The molecule has 0 unspecified atom stereocenters. The minimum Gasteiger partial charge on any atom is -0.506 e. The van der Waals surface area contributed by atoms with Crippen LogP contribution in [0.25, 0.3) is 0 Å². The summed E-state index contributed by atoms with van der Waals surface area (Å²) in [6.07, 6.45) is 0. The zero-order chi connectivity index (χ0) is 15.1. The van der Waals surface area contributed by atoms with E-state index >= 15 is 0 Å². The Morgan fingerprint density at radius 2 is 1.85 bits per heavy atom. The second-order valence-corrected chi connectivity index (χ2v) is 7.92.